The van der Waals surface area contributed by atoms with E-state index in [1.54, 1.807) is 18.5 Å². The highest BCUT2D eigenvalue weighted by Crippen LogP contribution is 2.27. The van der Waals surface area contributed by atoms with E-state index in [9.17, 15) is 14.4 Å². The molecular weight excluding hydrogens is 346 g/mol. The normalized spacial score (nSPS) is 12.7. The van der Waals surface area contributed by atoms with Gasteiger partial charge in [0, 0.05) is 36.3 Å². The minimum atomic E-state index is -0.655. The summed E-state index contributed by atoms with van der Waals surface area (Å²) >= 11 is 0. The summed E-state index contributed by atoms with van der Waals surface area (Å²) in [5, 5.41) is 0.844. The van der Waals surface area contributed by atoms with Gasteiger partial charge < -0.3 is 9.55 Å². The second kappa shape index (κ2) is 5.80. The molecule has 4 rings (SSSR count). The molecule has 3 heterocycles. The monoisotopic (exact) mass is 365 g/mol. The molecule has 0 aliphatic heterocycles. The number of fused-ring (bicyclic) bond motifs is 2. The van der Waals surface area contributed by atoms with E-state index in [1.165, 1.54) is 17.9 Å². The Morgan fingerprint density at radius 1 is 1.15 bits per heavy atom. The second-order valence-electron chi connectivity index (χ2n) is 6.74. The maximum atomic E-state index is 13.3. The number of ketones is 1. The third kappa shape index (κ3) is 2.29. The van der Waals surface area contributed by atoms with Gasteiger partial charge in [-0.1, -0.05) is 18.2 Å². The predicted molar refractivity (Wildman–Crippen MR) is 102 cm³/mol. The molecule has 1 aromatic carbocycles. The fourth-order valence-electron chi connectivity index (χ4n) is 3.59. The zero-order valence-electron chi connectivity index (χ0n) is 15.5. The molecule has 0 amide bonds. The maximum absolute atomic E-state index is 13.3. The molecule has 0 aliphatic carbocycles. The van der Waals surface area contributed by atoms with E-state index in [-0.39, 0.29) is 16.9 Å². The summed E-state index contributed by atoms with van der Waals surface area (Å²) in [5.74, 6) is -0.125. The zero-order chi connectivity index (χ0) is 19.5. The van der Waals surface area contributed by atoms with Crippen molar-refractivity contribution in [1.29, 1.82) is 0 Å². The first kappa shape index (κ1) is 17.0. The van der Waals surface area contributed by atoms with Crippen LogP contribution >= 0.6 is 0 Å². The lowest BCUT2D eigenvalue weighted by molar-refractivity contribution is 0.0938. The second-order valence-corrected chi connectivity index (χ2v) is 6.74. The number of nitrogens with one attached hydrogen (secondary N) is 1. The Bertz CT molecular complexity index is 1340. The van der Waals surface area contributed by atoms with Gasteiger partial charge >= 0.3 is 5.69 Å². The number of aryl methyl sites for hydroxylation is 2. The summed E-state index contributed by atoms with van der Waals surface area (Å²) in [7, 11) is 2.97. The highest BCUT2D eigenvalue weighted by Gasteiger charge is 2.25. The highest BCUT2D eigenvalue weighted by atomic mass is 16.2. The van der Waals surface area contributed by atoms with Crippen LogP contribution in [0.15, 0.2) is 40.2 Å². The van der Waals surface area contributed by atoms with Gasteiger partial charge in [-0.15, -0.1) is 0 Å². The molecule has 1 N–H and O–H groups in total. The van der Waals surface area contributed by atoms with Crippen molar-refractivity contribution in [2.45, 2.75) is 19.9 Å². The number of hydrogen-bond acceptors (Lipinski definition) is 4. The molecule has 4 aromatic rings. The van der Waals surface area contributed by atoms with Gasteiger partial charge in [-0.05, 0) is 19.9 Å². The number of aromatic nitrogens is 5. The van der Waals surface area contributed by atoms with Gasteiger partial charge in [0.2, 0.25) is 0 Å². The third-order valence-electron chi connectivity index (χ3n) is 5.11. The Balaban J connectivity index is 1.92. The number of nitrogens with zero attached hydrogens (tertiary/aromatic N) is 4. The van der Waals surface area contributed by atoms with Gasteiger partial charge in [-0.2, -0.15) is 0 Å². The van der Waals surface area contributed by atoms with Crippen LogP contribution in [0.1, 0.15) is 29.0 Å². The predicted octanol–water partition coefficient (Wildman–Crippen LogP) is 1.67. The molecule has 8 heteroatoms. The molecule has 0 spiro atoms. The SMILES string of the molecule is Cc1[nH]c2ccccc2c1C(=O)C(C)n1cnc2c1c(=O)n(C)c(=O)n2C. The van der Waals surface area contributed by atoms with Crippen LogP contribution < -0.4 is 11.2 Å². The van der Waals surface area contributed by atoms with Crippen molar-refractivity contribution in [3.63, 3.8) is 0 Å². The molecule has 27 heavy (non-hydrogen) atoms. The quantitative estimate of drug-likeness (QED) is 0.559. The summed E-state index contributed by atoms with van der Waals surface area (Å²) in [4.78, 5) is 45.5. The molecule has 0 saturated heterocycles. The largest absolute Gasteiger partial charge is 0.358 e. The topological polar surface area (TPSA) is 94.7 Å². The molecule has 8 nitrogen and oxygen atoms in total. The molecule has 1 unspecified atom stereocenters. The van der Waals surface area contributed by atoms with Gasteiger partial charge in [0.1, 0.15) is 0 Å². The van der Waals surface area contributed by atoms with Crippen LogP contribution in [-0.2, 0) is 14.1 Å². The molecule has 0 fully saturated rings. The van der Waals surface area contributed by atoms with Crippen molar-refractivity contribution >= 4 is 27.9 Å². The van der Waals surface area contributed by atoms with Crippen molar-refractivity contribution < 1.29 is 4.79 Å². The molecule has 3 aromatic heterocycles. The lowest BCUT2D eigenvalue weighted by Gasteiger charge is -2.14. The summed E-state index contributed by atoms with van der Waals surface area (Å²) < 4.78 is 3.87. The minimum absolute atomic E-state index is 0.125. The molecule has 0 radical (unpaired) electrons. The molecule has 1 atom stereocenters. The molecule has 0 bridgehead atoms. The van der Waals surface area contributed by atoms with Crippen LogP contribution in [0.5, 0.6) is 0 Å². The summed E-state index contributed by atoms with van der Waals surface area (Å²) in [6.07, 6.45) is 1.44. The number of benzene rings is 1. The number of carbonyl (C=O) groups excluding carboxylic acids is 1. The van der Waals surface area contributed by atoms with Crippen molar-refractivity contribution in [2.75, 3.05) is 0 Å². The molecule has 138 valence electrons. The van der Waals surface area contributed by atoms with E-state index in [4.69, 9.17) is 0 Å². The van der Waals surface area contributed by atoms with Gasteiger partial charge in [0.05, 0.1) is 12.4 Å². The third-order valence-corrected chi connectivity index (χ3v) is 5.11. The first-order valence-electron chi connectivity index (χ1n) is 8.57. The molecule has 0 saturated carbocycles. The van der Waals surface area contributed by atoms with Crippen LogP contribution in [0.4, 0.5) is 0 Å². The van der Waals surface area contributed by atoms with Crippen LogP contribution in [0, 0.1) is 6.92 Å². The Morgan fingerprint density at radius 3 is 2.59 bits per heavy atom. The number of aromatic amines is 1. The van der Waals surface area contributed by atoms with E-state index < -0.39 is 17.3 Å². The molecular formula is C19H19N5O3. The standard InChI is InChI=1S/C19H19N5O3/c1-10-14(12-7-5-6-8-13(12)21-10)16(25)11(2)24-9-20-17-15(24)18(26)23(4)19(27)22(17)3/h5-9,11,21H,1-4H3. The Morgan fingerprint density at radius 2 is 1.85 bits per heavy atom. The number of hydrogen-bond donors (Lipinski definition) is 1. The fourth-order valence-corrected chi connectivity index (χ4v) is 3.59. The first-order chi connectivity index (χ1) is 12.8. The fraction of sp³-hybridized carbons (Fsp3) is 0.263. The van der Waals surface area contributed by atoms with Crippen LogP contribution in [-0.4, -0.2) is 29.5 Å². The van der Waals surface area contributed by atoms with E-state index in [1.807, 2.05) is 31.2 Å². The average molecular weight is 365 g/mol. The van der Waals surface area contributed by atoms with E-state index in [0.29, 0.717) is 5.56 Å². The van der Waals surface area contributed by atoms with Crippen LogP contribution in [0.3, 0.4) is 0 Å². The number of rotatable bonds is 3. The molecule has 0 aliphatic rings. The van der Waals surface area contributed by atoms with Gasteiger partial charge in [0.15, 0.2) is 16.9 Å². The average Bonchev–Trinajstić information content (AvgIpc) is 3.24. The lowest BCUT2D eigenvalue weighted by atomic mass is 10.0. The van der Waals surface area contributed by atoms with E-state index >= 15 is 0 Å². The zero-order valence-corrected chi connectivity index (χ0v) is 15.5. The smallest absolute Gasteiger partial charge is 0.332 e. The Kier molecular flexibility index (Phi) is 3.66. The van der Waals surface area contributed by atoms with E-state index in [0.717, 1.165) is 21.2 Å². The number of carbonyl (C=O) groups is 1. The number of Topliss-reactive ketones (excluding diaryl/α,β-unsaturated/α-hetero) is 1. The van der Waals surface area contributed by atoms with Gasteiger partial charge in [-0.3, -0.25) is 18.7 Å². The number of para-hydroxylation sites is 1. The summed E-state index contributed by atoms with van der Waals surface area (Å²) in [6.45, 7) is 3.59. The van der Waals surface area contributed by atoms with Crippen molar-refractivity contribution in [1.82, 2.24) is 23.7 Å². The Labute approximate surface area is 153 Å². The van der Waals surface area contributed by atoms with Crippen LogP contribution in [0.2, 0.25) is 0 Å². The van der Waals surface area contributed by atoms with Crippen molar-refractivity contribution in [2.24, 2.45) is 14.1 Å². The van der Waals surface area contributed by atoms with Crippen molar-refractivity contribution in [3.05, 3.63) is 62.7 Å². The lowest BCUT2D eigenvalue weighted by Crippen LogP contribution is -2.38. The van der Waals surface area contributed by atoms with Crippen LogP contribution in [0.25, 0.3) is 22.1 Å². The summed E-state index contributed by atoms with van der Waals surface area (Å²) in [5.41, 5.74) is 1.83. The van der Waals surface area contributed by atoms with Gasteiger partial charge in [0.25, 0.3) is 5.56 Å². The maximum Gasteiger partial charge on any atom is 0.332 e. The van der Waals surface area contributed by atoms with Gasteiger partial charge in [-0.25, -0.2) is 9.78 Å². The summed E-state index contributed by atoms with van der Waals surface area (Å²) in [6, 6.07) is 6.95. The van der Waals surface area contributed by atoms with Crippen molar-refractivity contribution in [3.8, 4) is 0 Å². The van der Waals surface area contributed by atoms with E-state index in [2.05, 4.69) is 9.97 Å². The Hall–Kier alpha value is -3.42. The number of H-pyrrole nitrogens is 1. The highest BCUT2D eigenvalue weighted by molar-refractivity contribution is 6.11. The first-order valence-corrected chi connectivity index (χ1v) is 8.57. The number of imidazole rings is 1. The minimum Gasteiger partial charge on any atom is -0.358 e.